The number of carbonyl (C=O) groups excluding carboxylic acids is 1. The monoisotopic (exact) mass is 169 g/mol. The van der Waals surface area contributed by atoms with E-state index in [0.29, 0.717) is 6.42 Å². The summed E-state index contributed by atoms with van der Waals surface area (Å²) in [7, 11) is 1.58. The first kappa shape index (κ1) is 9.26. The van der Waals surface area contributed by atoms with Crippen LogP contribution in [0.1, 0.15) is 20.3 Å². The van der Waals surface area contributed by atoms with Crippen molar-refractivity contribution in [3.63, 3.8) is 0 Å². The zero-order chi connectivity index (χ0) is 9.30. The Morgan fingerprint density at radius 3 is 2.67 bits per heavy atom. The number of ether oxygens (including phenoxy) is 1. The first-order valence-electron chi connectivity index (χ1n) is 4.11. The molecular formula is C9H15NO2. The quantitative estimate of drug-likeness (QED) is 0.633. The Morgan fingerprint density at radius 2 is 2.17 bits per heavy atom. The molecule has 0 spiro atoms. The molecule has 0 aromatic heterocycles. The van der Waals surface area contributed by atoms with Crippen LogP contribution in [0, 0.1) is 5.92 Å². The van der Waals surface area contributed by atoms with Gasteiger partial charge in [0, 0.05) is 24.0 Å². The summed E-state index contributed by atoms with van der Waals surface area (Å²) in [6.07, 6.45) is 0.676. The Kier molecular flexibility index (Phi) is 2.52. The number of methoxy groups -OCH3 is 1. The molecule has 1 aliphatic carbocycles. The highest BCUT2D eigenvalue weighted by molar-refractivity contribution is 5.98. The molecule has 0 bridgehead atoms. The first-order valence-corrected chi connectivity index (χ1v) is 4.11. The van der Waals surface area contributed by atoms with E-state index in [9.17, 15) is 4.79 Å². The van der Waals surface area contributed by atoms with E-state index in [1.807, 2.05) is 6.92 Å². The highest BCUT2D eigenvalue weighted by atomic mass is 16.5. The third-order valence-electron chi connectivity index (χ3n) is 2.51. The molecule has 3 nitrogen and oxygen atoms in total. The number of Topliss-reactive ketones (excluding diaryl/α,β-unsaturated/α-hetero) is 1. The SMILES string of the molecule is COC1=C(C)C(=O)C(C)C(N)C1. The maximum absolute atomic E-state index is 11.5. The molecule has 0 saturated heterocycles. The van der Waals surface area contributed by atoms with Crippen LogP contribution in [-0.4, -0.2) is 18.9 Å². The van der Waals surface area contributed by atoms with Crippen molar-refractivity contribution in [1.82, 2.24) is 0 Å². The second-order valence-electron chi connectivity index (χ2n) is 3.27. The van der Waals surface area contributed by atoms with Gasteiger partial charge in [-0.05, 0) is 6.92 Å². The molecule has 0 radical (unpaired) electrons. The molecule has 1 aliphatic rings. The molecule has 0 aliphatic heterocycles. The number of nitrogens with two attached hydrogens (primary N) is 1. The van der Waals surface area contributed by atoms with Gasteiger partial charge < -0.3 is 10.5 Å². The summed E-state index contributed by atoms with van der Waals surface area (Å²) in [5.41, 5.74) is 6.49. The van der Waals surface area contributed by atoms with Crippen molar-refractivity contribution in [2.75, 3.05) is 7.11 Å². The van der Waals surface area contributed by atoms with Crippen LogP contribution in [0.5, 0.6) is 0 Å². The van der Waals surface area contributed by atoms with Crippen LogP contribution < -0.4 is 5.73 Å². The number of allylic oxidation sites excluding steroid dienone is 1. The van der Waals surface area contributed by atoms with E-state index in [4.69, 9.17) is 10.5 Å². The minimum absolute atomic E-state index is 0.0658. The Morgan fingerprint density at radius 1 is 1.58 bits per heavy atom. The van der Waals surface area contributed by atoms with Crippen LogP contribution in [-0.2, 0) is 9.53 Å². The molecule has 0 saturated carbocycles. The highest BCUT2D eigenvalue weighted by Crippen LogP contribution is 2.25. The Labute approximate surface area is 72.6 Å². The molecule has 2 atom stereocenters. The second-order valence-corrected chi connectivity index (χ2v) is 3.27. The van der Waals surface area contributed by atoms with Crippen molar-refractivity contribution in [2.24, 2.45) is 11.7 Å². The van der Waals surface area contributed by atoms with Gasteiger partial charge in [0.05, 0.1) is 7.11 Å². The molecule has 2 N–H and O–H groups in total. The van der Waals surface area contributed by atoms with Gasteiger partial charge in [-0.3, -0.25) is 4.79 Å². The lowest BCUT2D eigenvalue weighted by Gasteiger charge is -2.26. The molecule has 1 rings (SSSR count). The Bertz CT molecular complexity index is 233. The predicted molar refractivity (Wildman–Crippen MR) is 46.5 cm³/mol. The van der Waals surface area contributed by atoms with Gasteiger partial charge in [-0.1, -0.05) is 6.92 Å². The van der Waals surface area contributed by atoms with Crippen LogP contribution in [0.2, 0.25) is 0 Å². The number of rotatable bonds is 1. The van der Waals surface area contributed by atoms with E-state index in [1.165, 1.54) is 0 Å². The van der Waals surface area contributed by atoms with Crippen LogP contribution in [0.4, 0.5) is 0 Å². The van der Waals surface area contributed by atoms with Crippen molar-refractivity contribution in [1.29, 1.82) is 0 Å². The molecule has 12 heavy (non-hydrogen) atoms. The van der Waals surface area contributed by atoms with E-state index in [0.717, 1.165) is 11.3 Å². The van der Waals surface area contributed by atoms with Crippen LogP contribution >= 0.6 is 0 Å². The third-order valence-corrected chi connectivity index (χ3v) is 2.51. The van der Waals surface area contributed by atoms with Crippen molar-refractivity contribution in [3.05, 3.63) is 11.3 Å². The average molecular weight is 169 g/mol. The van der Waals surface area contributed by atoms with E-state index < -0.39 is 0 Å². The standard InChI is InChI=1S/C9H15NO2/c1-5-7(10)4-8(12-3)6(2)9(5)11/h5,7H,4,10H2,1-3H3. The van der Waals surface area contributed by atoms with Gasteiger partial charge in [-0.2, -0.15) is 0 Å². The fourth-order valence-corrected chi connectivity index (χ4v) is 1.45. The molecule has 68 valence electrons. The average Bonchev–Trinajstić information content (AvgIpc) is 2.08. The minimum atomic E-state index is -0.0869. The van der Waals surface area contributed by atoms with Gasteiger partial charge in [-0.15, -0.1) is 0 Å². The molecule has 3 heteroatoms. The summed E-state index contributed by atoms with van der Waals surface area (Å²) in [5.74, 6) is 0.792. The lowest BCUT2D eigenvalue weighted by Crippen LogP contribution is -2.38. The van der Waals surface area contributed by atoms with Gasteiger partial charge in [0.2, 0.25) is 0 Å². The fraction of sp³-hybridized carbons (Fsp3) is 0.667. The van der Waals surface area contributed by atoms with E-state index in [-0.39, 0.29) is 17.7 Å². The van der Waals surface area contributed by atoms with E-state index in [2.05, 4.69) is 0 Å². The molecule has 0 aromatic rings. The van der Waals surface area contributed by atoms with Crippen LogP contribution in [0.15, 0.2) is 11.3 Å². The molecule has 0 amide bonds. The van der Waals surface area contributed by atoms with E-state index in [1.54, 1.807) is 14.0 Å². The lowest BCUT2D eigenvalue weighted by molar-refractivity contribution is -0.120. The zero-order valence-electron chi connectivity index (χ0n) is 7.76. The largest absolute Gasteiger partial charge is 0.501 e. The first-order chi connectivity index (χ1) is 5.57. The van der Waals surface area contributed by atoms with Gasteiger partial charge in [0.25, 0.3) is 0 Å². The third kappa shape index (κ3) is 1.37. The van der Waals surface area contributed by atoms with Gasteiger partial charge in [-0.25, -0.2) is 0 Å². The number of ketones is 1. The summed E-state index contributed by atoms with van der Waals surface area (Å²) >= 11 is 0. The molecular weight excluding hydrogens is 154 g/mol. The van der Waals surface area contributed by atoms with Crippen molar-refractivity contribution >= 4 is 5.78 Å². The van der Waals surface area contributed by atoms with Crippen molar-refractivity contribution < 1.29 is 9.53 Å². The van der Waals surface area contributed by atoms with Gasteiger partial charge in [0.1, 0.15) is 5.76 Å². The predicted octanol–water partition coefficient (Wildman–Crippen LogP) is 0.843. The Balaban J connectivity index is 2.95. The maximum atomic E-state index is 11.5. The van der Waals surface area contributed by atoms with Gasteiger partial charge in [0.15, 0.2) is 5.78 Å². The summed E-state index contributed by atoms with van der Waals surface area (Å²) in [6.45, 7) is 3.66. The molecule has 0 aromatic carbocycles. The molecule has 0 heterocycles. The minimum Gasteiger partial charge on any atom is -0.501 e. The number of carbonyl (C=O) groups is 1. The summed E-state index contributed by atoms with van der Waals surface area (Å²) in [5, 5.41) is 0. The topological polar surface area (TPSA) is 52.3 Å². The number of hydrogen-bond acceptors (Lipinski definition) is 3. The smallest absolute Gasteiger partial charge is 0.166 e. The fourth-order valence-electron chi connectivity index (χ4n) is 1.45. The molecule has 2 unspecified atom stereocenters. The maximum Gasteiger partial charge on any atom is 0.166 e. The van der Waals surface area contributed by atoms with Gasteiger partial charge >= 0.3 is 0 Å². The summed E-state index contributed by atoms with van der Waals surface area (Å²) < 4.78 is 5.07. The number of hydrogen-bond donors (Lipinski definition) is 1. The normalized spacial score (nSPS) is 30.8. The van der Waals surface area contributed by atoms with Crippen LogP contribution in [0.3, 0.4) is 0 Å². The highest BCUT2D eigenvalue weighted by Gasteiger charge is 2.30. The van der Waals surface area contributed by atoms with Crippen LogP contribution in [0.25, 0.3) is 0 Å². The zero-order valence-corrected chi connectivity index (χ0v) is 7.76. The summed E-state index contributed by atoms with van der Waals surface area (Å²) in [4.78, 5) is 11.5. The second kappa shape index (κ2) is 3.27. The Hall–Kier alpha value is -0.830. The lowest BCUT2D eigenvalue weighted by atomic mass is 9.84. The summed E-state index contributed by atoms with van der Waals surface area (Å²) in [6, 6.07) is -0.0869. The molecule has 0 fully saturated rings. The van der Waals surface area contributed by atoms with Crippen molar-refractivity contribution in [2.45, 2.75) is 26.3 Å². The van der Waals surface area contributed by atoms with Crippen molar-refractivity contribution in [3.8, 4) is 0 Å². The van der Waals surface area contributed by atoms with E-state index >= 15 is 0 Å².